The van der Waals surface area contributed by atoms with E-state index in [2.05, 4.69) is 20.4 Å². The third kappa shape index (κ3) is 3.89. The highest BCUT2D eigenvalue weighted by Crippen LogP contribution is 2.55. The summed E-state index contributed by atoms with van der Waals surface area (Å²) < 4.78 is 5.73. The van der Waals surface area contributed by atoms with Crippen molar-refractivity contribution in [2.45, 2.75) is 72.5 Å². The summed E-state index contributed by atoms with van der Waals surface area (Å²) in [6.07, 6.45) is 2.49. The van der Waals surface area contributed by atoms with Gasteiger partial charge in [0.2, 0.25) is 0 Å². The van der Waals surface area contributed by atoms with Gasteiger partial charge >= 0.3 is 5.97 Å². The molecule has 4 heteroatoms. The van der Waals surface area contributed by atoms with E-state index >= 15 is 0 Å². The van der Waals surface area contributed by atoms with Crippen molar-refractivity contribution >= 4 is 11.8 Å². The molecule has 0 aliphatic heterocycles. The van der Waals surface area contributed by atoms with Gasteiger partial charge in [-0.3, -0.25) is 4.79 Å². The maximum atomic E-state index is 12.3. The third-order valence-electron chi connectivity index (χ3n) is 6.57. The van der Waals surface area contributed by atoms with Crippen LogP contribution < -0.4 is 0 Å². The summed E-state index contributed by atoms with van der Waals surface area (Å²) >= 11 is 0. The molecule has 0 spiro atoms. The van der Waals surface area contributed by atoms with Crippen molar-refractivity contribution in [2.75, 3.05) is 0 Å². The molecule has 0 radical (unpaired) electrons. The number of aliphatic hydroxyl groups is 1. The molecule has 2 saturated carbocycles. The highest BCUT2D eigenvalue weighted by molar-refractivity contribution is 5.83. The monoisotopic (exact) mass is 348 g/mol. The molecule has 2 fully saturated rings. The second-order valence-corrected chi connectivity index (χ2v) is 8.35. The Hall–Kier alpha value is -1.42. The van der Waals surface area contributed by atoms with Gasteiger partial charge in [-0.2, -0.15) is 0 Å². The van der Waals surface area contributed by atoms with Crippen LogP contribution in [0.1, 0.15) is 60.3 Å². The summed E-state index contributed by atoms with van der Waals surface area (Å²) in [6, 6.07) is 0. The second kappa shape index (κ2) is 7.45. The normalized spacial score (nSPS) is 38.9. The molecule has 0 amide bonds. The van der Waals surface area contributed by atoms with Crippen LogP contribution in [0.5, 0.6) is 0 Å². The first-order chi connectivity index (χ1) is 11.6. The van der Waals surface area contributed by atoms with Crippen molar-refractivity contribution in [2.24, 2.45) is 23.2 Å². The van der Waals surface area contributed by atoms with E-state index in [1.807, 2.05) is 20.8 Å². The minimum Gasteiger partial charge on any atom is -0.456 e. The molecule has 25 heavy (non-hydrogen) atoms. The van der Waals surface area contributed by atoms with Crippen LogP contribution in [-0.4, -0.2) is 29.1 Å². The van der Waals surface area contributed by atoms with E-state index in [-0.39, 0.29) is 29.0 Å². The quantitative estimate of drug-likeness (QED) is 0.476. The molecule has 6 atom stereocenters. The first kappa shape index (κ1) is 19.9. The van der Waals surface area contributed by atoms with Crippen LogP contribution in [-0.2, 0) is 14.3 Å². The Balaban J connectivity index is 2.36. The molecule has 0 unspecified atom stereocenters. The number of aliphatic hydroxyl groups excluding tert-OH is 1. The number of hydrogen-bond donors (Lipinski definition) is 1. The molecule has 0 aromatic heterocycles. The molecule has 0 aromatic rings. The van der Waals surface area contributed by atoms with E-state index in [1.54, 1.807) is 0 Å². The van der Waals surface area contributed by atoms with Crippen molar-refractivity contribution in [3.8, 4) is 0 Å². The van der Waals surface area contributed by atoms with Gasteiger partial charge in [0.25, 0.3) is 0 Å². The smallest absolute Gasteiger partial charge is 0.331 e. The minimum atomic E-state index is -0.812. The summed E-state index contributed by atoms with van der Waals surface area (Å²) in [5, 5.41) is 10.9. The number of carbonyl (C=O) groups is 2. The van der Waals surface area contributed by atoms with Crippen molar-refractivity contribution in [3.05, 3.63) is 23.8 Å². The molecular weight excluding hydrogens is 316 g/mol. The highest BCUT2D eigenvalue weighted by atomic mass is 16.6. The first-order valence-electron chi connectivity index (χ1n) is 9.33. The zero-order valence-electron chi connectivity index (χ0n) is 16.2. The molecule has 140 valence electrons. The Labute approximate surface area is 151 Å². The standard InChI is InChI=1S/C21H32O4/c1-7-13(4)8-18(23)25-20-17-10-15(22)9-14(5)21(17,6)11-16(12(2)3)19(20)24/h8,14,16-17,19-20,24H,2,7,9-11H2,1,3-6H3/b13-8+/t14-,16+,17+,19+,20-,21+/m0/s1. The van der Waals surface area contributed by atoms with E-state index in [0.29, 0.717) is 12.8 Å². The number of carbonyl (C=O) groups excluding carboxylic acids is 2. The van der Waals surface area contributed by atoms with Crippen molar-refractivity contribution in [1.29, 1.82) is 0 Å². The molecule has 1 N–H and O–H groups in total. The molecule has 2 aliphatic carbocycles. The van der Waals surface area contributed by atoms with Crippen LogP contribution >= 0.6 is 0 Å². The van der Waals surface area contributed by atoms with Crippen molar-refractivity contribution in [1.82, 2.24) is 0 Å². The van der Waals surface area contributed by atoms with E-state index in [4.69, 9.17) is 4.74 Å². The number of ether oxygens (including phenoxy) is 1. The van der Waals surface area contributed by atoms with Gasteiger partial charge in [-0.1, -0.05) is 38.5 Å². The number of Topliss-reactive ketones (excluding diaryl/α,β-unsaturated/α-hetero) is 1. The van der Waals surface area contributed by atoms with Gasteiger partial charge in [-0.25, -0.2) is 4.79 Å². The maximum absolute atomic E-state index is 12.3. The van der Waals surface area contributed by atoms with Crippen molar-refractivity contribution < 1.29 is 19.4 Å². The second-order valence-electron chi connectivity index (χ2n) is 8.35. The van der Waals surface area contributed by atoms with Gasteiger partial charge in [0.05, 0.1) is 6.10 Å². The zero-order valence-corrected chi connectivity index (χ0v) is 16.2. The Morgan fingerprint density at radius 3 is 2.60 bits per heavy atom. The highest BCUT2D eigenvalue weighted by Gasteiger charge is 2.56. The third-order valence-corrected chi connectivity index (χ3v) is 6.57. The van der Waals surface area contributed by atoms with E-state index in [9.17, 15) is 14.7 Å². The topological polar surface area (TPSA) is 63.6 Å². The van der Waals surface area contributed by atoms with Gasteiger partial charge in [-0.15, -0.1) is 0 Å². The Morgan fingerprint density at radius 1 is 1.40 bits per heavy atom. The predicted octanol–water partition coefficient (Wildman–Crippen LogP) is 3.83. The van der Waals surface area contributed by atoms with Crippen LogP contribution in [0.4, 0.5) is 0 Å². The van der Waals surface area contributed by atoms with Crippen molar-refractivity contribution in [3.63, 3.8) is 0 Å². The summed E-state index contributed by atoms with van der Waals surface area (Å²) in [5.74, 6) is -0.308. The molecule has 0 saturated heterocycles. The Kier molecular flexibility index (Phi) is 5.93. The zero-order chi connectivity index (χ0) is 18.9. The predicted molar refractivity (Wildman–Crippen MR) is 97.9 cm³/mol. The van der Waals surface area contributed by atoms with Gasteiger partial charge in [0.15, 0.2) is 0 Å². The van der Waals surface area contributed by atoms with E-state index in [0.717, 1.165) is 24.0 Å². The Bertz CT molecular complexity index is 591. The van der Waals surface area contributed by atoms with Crippen LogP contribution in [0.2, 0.25) is 0 Å². The number of allylic oxidation sites excluding steroid dienone is 1. The molecule has 0 aromatic carbocycles. The van der Waals surface area contributed by atoms with Crippen LogP contribution in [0.25, 0.3) is 0 Å². The molecule has 2 aliphatic rings. The average molecular weight is 348 g/mol. The summed E-state index contributed by atoms with van der Waals surface area (Å²) in [5.41, 5.74) is 1.69. The molecule has 0 heterocycles. The van der Waals surface area contributed by atoms with E-state index < -0.39 is 18.2 Å². The fourth-order valence-corrected chi connectivity index (χ4v) is 4.50. The van der Waals surface area contributed by atoms with E-state index in [1.165, 1.54) is 6.08 Å². The van der Waals surface area contributed by atoms with Crippen LogP contribution in [0, 0.1) is 23.2 Å². The fourth-order valence-electron chi connectivity index (χ4n) is 4.50. The Morgan fingerprint density at radius 2 is 2.04 bits per heavy atom. The largest absolute Gasteiger partial charge is 0.456 e. The number of rotatable bonds is 4. The minimum absolute atomic E-state index is 0.119. The average Bonchev–Trinajstić information content (AvgIpc) is 2.52. The van der Waals surface area contributed by atoms with Gasteiger partial charge in [0, 0.05) is 30.8 Å². The van der Waals surface area contributed by atoms with Gasteiger partial charge in [-0.05, 0) is 38.0 Å². The molecule has 0 bridgehead atoms. The lowest BCUT2D eigenvalue weighted by Crippen LogP contribution is -2.58. The molecule has 2 rings (SSSR count). The number of fused-ring (bicyclic) bond motifs is 1. The summed E-state index contributed by atoms with van der Waals surface area (Å²) in [6.45, 7) is 14.1. The summed E-state index contributed by atoms with van der Waals surface area (Å²) in [4.78, 5) is 24.5. The number of hydrogen-bond acceptors (Lipinski definition) is 4. The molecule has 4 nitrogen and oxygen atoms in total. The lowest BCUT2D eigenvalue weighted by Gasteiger charge is -2.55. The van der Waals surface area contributed by atoms with Gasteiger partial charge in [0.1, 0.15) is 11.9 Å². The number of ketones is 1. The maximum Gasteiger partial charge on any atom is 0.331 e. The SMILES string of the molecule is C=C(C)[C@H]1C[C@@]2(C)[C@H](CC(=O)C[C@@H]2C)[C@H](OC(=O)/C=C(\C)CC)[C@@H]1O. The number of esters is 1. The first-order valence-corrected chi connectivity index (χ1v) is 9.33. The molecular formula is C21H32O4. The lowest BCUT2D eigenvalue weighted by molar-refractivity contribution is -0.186. The van der Waals surface area contributed by atoms with Crippen LogP contribution in [0.3, 0.4) is 0 Å². The summed E-state index contributed by atoms with van der Waals surface area (Å²) in [7, 11) is 0. The fraction of sp³-hybridized carbons (Fsp3) is 0.714. The van der Waals surface area contributed by atoms with Crippen LogP contribution in [0.15, 0.2) is 23.8 Å². The lowest BCUT2D eigenvalue weighted by atomic mass is 9.51. The van der Waals surface area contributed by atoms with Gasteiger partial charge < -0.3 is 9.84 Å².